The zero-order valence-corrected chi connectivity index (χ0v) is 28.3. The van der Waals surface area contributed by atoms with Gasteiger partial charge in [0.1, 0.15) is 0 Å². The van der Waals surface area contributed by atoms with Crippen molar-refractivity contribution in [2.45, 2.75) is 0 Å². The molecule has 0 spiro atoms. The Kier molecular flexibility index (Phi) is 4.32. The predicted molar refractivity (Wildman–Crippen MR) is 227 cm³/mol. The topological polar surface area (TPSA) is 43.6 Å². The Balaban J connectivity index is 1.39. The van der Waals surface area contributed by atoms with Crippen LogP contribution in [0.5, 0.6) is 0 Å². The van der Waals surface area contributed by atoms with Gasteiger partial charge in [-0.1, -0.05) is 175 Å². The lowest BCUT2D eigenvalue weighted by atomic mass is 9.98. The van der Waals surface area contributed by atoms with Crippen LogP contribution < -0.4 is 0 Å². The van der Waals surface area contributed by atoms with Crippen LogP contribution in [-0.4, -0.2) is 19.5 Å². The minimum atomic E-state index is -0.825. The van der Waals surface area contributed by atoms with E-state index < -0.39 is 155 Å². The van der Waals surface area contributed by atoms with E-state index in [4.69, 9.17) is 31.4 Å². The van der Waals surface area contributed by atoms with Crippen molar-refractivity contribution in [3.63, 3.8) is 0 Å². The molecule has 0 unspecified atom stereocenters. The Labute approximate surface area is 349 Å². The van der Waals surface area contributed by atoms with Crippen molar-refractivity contribution in [1.82, 2.24) is 19.5 Å². The smallest absolute Gasteiger partial charge is 0.166 e. The SMILES string of the molecule is [2H]c1c([2H])c([2H])c(-c2c([2H])c([2H])c(-c3ccc(-c4nc(-c5ccccc5)nc(-c5ccccc5)n4)c(-n4c5c([2H])c([2H])c([2H])c([2H])c5c5c([2H])c(-c6c([2H])c([2H])c([2H])c([2H])c6[2H])c([2H])c([2H])c54)c3)c([2H])c2[2H])c([2H])c1[2H]. The fourth-order valence-corrected chi connectivity index (χ4v) is 6.20. The van der Waals surface area contributed by atoms with E-state index in [1.54, 1.807) is 60.7 Å². The quantitative estimate of drug-likeness (QED) is 0.164. The summed E-state index contributed by atoms with van der Waals surface area (Å²) in [6.07, 6.45) is 0. The number of hydrogen-bond donors (Lipinski definition) is 0. The average molecular weight is 724 g/mol. The van der Waals surface area contributed by atoms with E-state index in [-0.39, 0.29) is 56.1 Å². The van der Waals surface area contributed by atoms with Crippen molar-refractivity contribution in [3.05, 3.63) is 206 Å². The molecule has 0 aliphatic heterocycles. The third-order valence-electron chi connectivity index (χ3n) is 8.75. The standard InChI is InChI=1S/C51H34N4/c1-5-15-35(16-6-1)37-25-27-38(28-26-37)42-29-31-44(51-53-49(39-19-9-3-10-20-39)52-50(54-51)40-21-11-4-12-22-40)48(34-42)55-46-24-14-13-23-43(46)45-33-41(30-32-47(45)55)36-17-7-2-8-18-36/h1-34H/i1D,2D,5D,6D,7D,8D,13D,14D,15D,16D,17D,18D,23D,24D,25D,26D,27D,28D,30D,32D,33D. The van der Waals surface area contributed by atoms with Gasteiger partial charge < -0.3 is 4.57 Å². The zero-order chi connectivity index (χ0) is 54.8. The van der Waals surface area contributed by atoms with Gasteiger partial charge in [0.25, 0.3) is 0 Å². The van der Waals surface area contributed by atoms with Gasteiger partial charge in [0.05, 0.1) is 45.5 Å². The minimum Gasteiger partial charge on any atom is -0.308 e. The van der Waals surface area contributed by atoms with Crippen LogP contribution >= 0.6 is 0 Å². The molecule has 0 saturated carbocycles. The molecule has 4 nitrogen and oxygen atoms in total. The van der Waals surface area contributed by atoms with Gasteiger partial charge in [-0.15, -0.1) is 0 Å². The van der Waals surface area contributed by atoms with Crippen molar-refractivity contribution >= 4 is 21.8 Å². The second kappa shape index (κ2) is 13.8. The number of hydrogen-bond acceptors (Lipinski definition) is 3. The molecule has 258 valence electrons. The molecule has 0 aliphatic rings. The van der Waals surface area contributed by atoms with Gasteiger partial charge in [-0.3, -0.25) is 0 Å². The fraction of sp³-hybridized carbons (Fsp3) is 0. The number of nitrogens with zero attached hydrogens (tertiary/aromatic N) is 4. The molecule has 0 radical (unpaired) electrons. The molecule has 8 aromatic carbocycles. The number of fused-ring (bicyclic) bond motifs is 3. The third kappa shape index (κ3) is 6.06. The Morgan fingerprint density at radius 3 is 1.49 bits per heavy atom. The molecule has 0 saturated heterocycles. The lowest BCUT2D eigenvalue weighted by Crippen LogP contribution is -2.04. The van der Waals surface area contributed by atoms with Crippen molar-refractivity contribution in [2.24, 2.45) is 0 Å². The van der Waals surface area contributed by atoms with Crippen LogP contribution in [0.3, 0.4) is 0 Å². The molecule has 10 aromatic rings. The molecule has 4 heteroatoms. The number of para-hydroxylation sites is 1. The first-order valence-corrected chi connectivity index (χ1v) is 16.8. The molecule has 0 amide bonds. The van der Waals surface area contributed by atoms with Gasteiger partial charge in [0, 0.05) is 27.5 Å². The van der Waals surface area contributed by atoms with Crippen molar-refractivity contribution in [2.75, 3.05) is 0 Å². The largest absolute Gasteiger partial charge is 0.308 e. The second-order valence-electron chi connectivity index (χ2n) is 12.1. The van der Waals surface area contributed by atoms with Crippen LogP contribution in [0.1, 0.15) is 28.8 Å². The van der Waals surface area contributed by atoms with Crippen LogP contribution in [0.25, 0.3) is 95.0 Å². The average Bonchev–Trinajstić information content (AvgIpc) is 4.05. The maximum Gasteiger partial charge on any atom is 0.166 e. The third-order valence-corrected chi connectivity index (χ3v) is 8.75. The maximum absolute atomic E-state index is 9.77. The van der Waals surface area contributed by atoms with E-state index in [1.807, 2.05) is 0 Å². The molecular weight excluding hydrogens is 669 g/mol. The molecule has 0 bridgehead atoms. The monoisotopic (exact) mass is 723 g/mol. The fourth-order valence-electron chi connectivity index (χ4n) is 6.20. The summed E-state index contributed by atoms with van der Waals surface area (Å²) in [5.74, 6) is 0.246. The van der Waals surface area contributed by atoms with E-state index in [0.29, 0.717) is 11.1 Å². The van der Waals surface area contributed by atoms with Gasteiger partial charge >= 0.3 is 0 Å². The van der Waals surface area contributed by atoms with Crippen molar-refractivity contribution in [3.8, 4) is 73.2 Å². The molecule has 0 fully saturated rings. The highest BCUT2D eigenvalue weighted by molar-refractivity contribution is 6.11. The Morgan fingerprint density at radius 2 is 0.855 bits per heavy atom. The molecular formula is C51H34N4. The first-order valence-electron chi connectivity index (χ1n) is 27.3. The summed E-state index contributed by atoms with van der Waals surface area (Å²) < 4.78 is 188. The van der Waals surface area contributed by atoms with Gasteiger partial charge in [0.2, 0.25) is 0 Å². The summed E-state index contributed by atoms with van der Waals surface area (Å²) in [5, 5.41) is -0.763. The minimum absolute atomic E-state index is 0.0323. The lowest BCUT2D eigenvalue weighted by Gasteiger charge is -2.17. The van der Waals surface area contributed by atoms with Gasteiger partial charge in [-0.25, -0.2) is 15.0 Å². The summed E-state index contributed by atoms with van der Waals surface area (Å²) in [6, 6.07) is 5.67. The van der Waals surface area contributed by atoms with Crippen LogP contribution in [0.4, 0.5) is 0 Å². The van der Waals surface area contributed by atoms with E-state index in [1.165, 1.54) is 18.2 Å². The van der Waals surface area contributed by atoms with Crippen molar-refractivity contribution < 1.29 is 28.8 Å². The summed E-state index contributed by atoms with van der Waals surface area (Å²) in [5.41, 5.74) is -2.68. The first-order chi connectivity index (χ1) is 36.0. The highest BCUT2D eigenvalue weighted by Crippen LogP contribution is 2.40. The maximum atomic E-state index is 9.77. The molecule has 55 heavy (non-hydrogen) atoms. The molecule has 2 aromatic heterocycles. The normalized spacial score (nSPS) is 16.6. The number of rotatable bonds is 7. The number of benzene rings is 8. The molecule has 0 aliphatic carbocycles. The molecule has 2 heterocycles. The Bertz CT molecular complexity index is 4040. The van der Waals surface area contributed by atoms with E-state index in [0.717, 1.165) is 4.57 Å². The highest BCUT2D eigenvalue weighted by Gasteiger charge is 2.21. The van der Waals surface area contributed by atoms with Crippen molar-refractivity contribution in [1.29, 1.82) is 0 Å². The molecule has 10 rings (SSSR count). The van der Waals surface area contributed by atoms with E-state index in [2.05, 4.69) is 0 Å². The van der Waals surface area contributed by atoms with Crippen LogP contribution in [0, 0.1) is 0 Å². The van der Waals surface area contributed by atoms with Crippen LogP contribution in [0.15, 0.2) is 206 Å². The lowest BCUT2D eigenvalue weighted by molar-refractivity contribution is 1.06. The Morgan fingerprint density at radius 1 is 0.364 bits per heavy atom. The van der Waals surface area contributed by atoms with E-state index >= 15 is 0 Å². The van der Waals surface area contributed by atoms with Crippen LogP contribution in [-0.2, 0) is 0 Å². The van der Waals surface area contributed by atoms with Gasteiger partial charge in [0.15, 0.2) is 17.5 Å². The zero-order valence-electron chi connectivity index (χ0n) is 49.3. The van der Waals surface area contributed by atoms with E-state index in [9.17, 15) is 12.3 Å². The van der Waals surface area contributed by atoms with Gasteiger partial charge in [-0.2, -0.15) is 0 Å². The summed E-state index contributed by atoms with van der Waals surface area (Å²) in [6.45, 7) is 0. The summed E-state index contributed by atoms with van der Waals surface area (Å²) in [4.78, 5) is 14.6. The predicted octanol–water partition coefficient (Wildman–Crippen LogP) is 13.0. The Hall–Kier alpha value is -7.43. The van der Waals surface area contributed by atoms with Gasteiger partial charge in [-0.05, 0) is 63.6 Å². The number of aromatic nitrogens is 4. The first kappa shape index (κ1) is 17.1. The van der Waals surface area contributed by atoms with Crippen LogP contribution in [0.2, 0.25) is 0 Å². The molecule has 0 atom stereocenters. The summed E-state index contributed by atoms with van der Waals surface area (Å²) in [7, 11) is 0. The summed E-state index contributed by atoms with van der Waals surface area (Å²) >= 11 is 0. The highest BCUT2D eigenvalue weighted by atomic mass is 15.1. The molecule has 0 N–H and O–H groups in total. The second-order valence-corrected chi connectivity index (χ2v) is 12.1.